The first-order chi connectivity index (χ1) is 12.7. The number of nitrogens with zero attached hydrogens (tertiary/aromatic N) is 2. The maximum absolute atomic E-state index is 13.4. The largest absolute Gasteiger partial charge is 0.419 e. The maximum Gasteiger partial charge on any atom is 0.264 e. The fourth-order valence-corrected chi connectivity index (χ4v) is 4.49. The Morgan fingerprint density at radius 1 is 1.15 bits per heavy atom. The Balaban J connectivity index is 1.71. The van der Waals surface area contributed by atoms with E-state index in [1.165, 1.54) is 0 Å². The lowest BCUT2D eigenvalue weighted by Gasteiger charge is -2.09. The smallest absolute Gasteiger partial charge is 0.264 e. The number of anilines is 1. The van der Waals surface area contributed by atoms with Gasteiger partial charge in [0, 0.05) is 23.2 Å². The zero-order valence-electron chi connectivity index (χ0n) is 14.5. The molecule has 0 spiro atoms. The van der Waals surface area contributed by atoms with Crippen LogP contribution in [-0.2, 0) is 10.0 Å². The van der Waals surface area contributed by atoms with Crippen LogP contribution in [0.5, 0.6) is 0 Å². The van der Waals surface area contributed by atoms with Gasteiger partial charge in [-0.3, -0.25) is 4.72 Å². The zero-order chi connectivity index (χ0) is 19.3. The number of aromatic amines is 1. The number of aromatic nitrogens is 3. The average Bonchev–Trinajstić information content (AvgIpc) is 3.19. The molecule has 0 saturated heterocycles. The second-order valence-corrected chi connectivity index (χ2v) is 8.18. The van der Waals surface area contributed by atoms with Crippen LogP contribution < -0.4 is 4.72 Å². The monoisotopic (exact) mass is 394 g/mol. The molecule has 1 saturated carbocycles. The van der Waals surface area contributed by atoms with E-state index >= 15 is 0 Å². The SMILES string of the molecule is Cc1[nH]c(-c2nnc(C3CC3)o2)c(C)c1S(=O)(=O)Nc1cc(F)cc(F)c1. The van der Waals surface area contributed by atoms with Crippen molar-refractivity contribution in [2.75, 3.05) is 4.72 Å². The predicted octanol–water partition coefficient (Wildman–Crippen LogP) is 3.64. The Morgan fingerprint density at radius 2 is 1.81 bits per heavy atom. The molecule has 10 heteroatoms. The van der Waals surface area contributed by atoms with Crippen LogP contribution in [0.1, 0.15) is 35.9 Å². The fourth-order valence-electron chi connectivity index (χ4n) is 3.00. The summed E-state index contributed by atoms with van der Waals surface area (Å²) in [5.41, 5.74) is 0.918. The third-order valence-corrected chi connectivity index (χ3v) is 5.99. The van der Waals surface area contributed by atoms with Gasteiger partial charge in [0.15, 0.2) is 0 Å². The lowest BCUT2D eigenvalue weighted by molar-refractivity contribution is 0.507. The average molecular weight is 394 g/mol. The van der Waals surface area contributed by atoms with Crippen molar-refractivity contribution in [3.05, 3.63) is 47.0 Å². The van der Waals surface area contributed by atoms with Crippen LogP contribution in [0.2, 0.25) is 0 Å². The normalized spacial score (nSPS) is 14.5. The Bertz CT molecular complexity index is 1110. The van der Waals surface area contributed by atoms with E-state index in [2.05, 4.69) is 19.9 Å². The zero-order valence-corrected chi connectivity index (χ0v) is 15.3. The molecule has 3 aromatic rings. The molecule has 142 valence electrons. The summed E-state index contributed by atoms with van der Waals surface area (Å²) in [5, 5.41) is 7.99. The summed E-state index contributed by atoms with van der Waals surface area (Å²) >= 11 is 0. The molecule has 7 nitrogen and oxygen atoms in total. The second kappa shape index (κ2) is 6.15. The van der Waals surface area contributed by atoms with Crippen LogP contribution in [0.25, 0.3) is 11.6 Å². The summed E-state index contributed by atoms with van der Waals surface area (Å²) < 4.78 is 60.1. The van der Waals surface area contributed by atoms with E-state index in [0.29, 0.717) is 28.9 Å². The quantitative estimate of drug-likeness (QED) is 0.688. The predicted molar refractivity (Wildman–Crippen MR) is 92.7 cm³/mol. The third kappa shape index (κ3) is 3.32. The first kappa shape index (κ1) is 17.7. The lowest BCUT2D eigenvalue weighted by atomic mass is 10.2. The molecule has 2 heterocycles. The first-order valence-corrected chi connectivity index (χ1v) is 9.75. The molecule has 2 aromatic heterocycles. The summed E-state index contributed by atoms with van der Waals surface area (Å²) in [5.74, 6) is -0.746. The minimum Gasteiger partial charge on any atom is -0.419 e. The van der Waals surface area contributed by atoms with Crippen molar-refractivity contribution in [2.24, 2.45) is 0 Å². The van der Waals surface area contributed by atoms with Crippen LogP contribution in [0.15, 0.2) is 27.5 Å². The van der Waals surface area contributed by atoms with E-state index in [4.69, 9.17) is 4.42 Å². The Labute approximate surface area is 153 Å². The van der Waals surface area contributed by atoms with Gasteiger partial charge in [0.05, 0.1) is 5.69 Å². The number of hydrogen-bond donors (Lipinski definition) is 2. The molecule has 2 N–H and O–H groups in total. The summed E-state index contributed by atoms with van der Waals surface area (Å²) in [6.45, 7) is 3.18. The third-order valence-electron chi connectivity index (χ3n) is 4.33. The second-order valence-electron chi connectivity index (χ2n) is 6.56. The van der Waals surface area contributed by atoms with Gasteiger partial charge in [0.25, 0.3) is 15.9 Å². The topological polar surface area (TPSA) is 101 Å². The summed E-state index contributed by atoms with van der Waals surface area (Å²) in [6, 6.07) is 2.47. The van der Waals surface area contributed by atoms with E-state index in [0.717, 1.165) is 25.0 Å². The number of benzene rings is 1. The number of sulfonamides is 1. The Morgan fingerprint density at radius 3 is 2.44 bits per heavy atom. The highest BCUT2D eigenvalue weighted by Crippen LogP contribution is 2.40. The van der Waals surface area contributed by atoms with Crippen molar-refractivity contribution in [3.63, 3.8) is 0 Å². The molecule has 0 aliphatic heterocycles. The van der Waals surface area contributed by atoms with Crippen LogP contribution in [0.3, 0.4) is 0 Å². The van der Waals surface area contributed by atoms with Crippen molar-refractivity contribution in [3.8, 4) is 11.6 Å². The van der Waals surface area contributed by atoms with Crippen LogP contribution >= 0.6 is 0 Å². The minimum absolute atomic E-state index is 0.0339. The van der Waals surface area contributed by atoms with E-state index in [1.807, 2.05) is 0 Å². The molecule has 0 radical (unpaired) electrons. The number of aryl methyl sites for hydroxylation is 1. The van der Waals surface area contributed by atoms with Crippen molar-refractivity contribution in [1.82, 2.24) is 15.2 Å². The summed E-state index contributed by atoms with van der Waals surface area (Å²) in [4.78, 5) is 2.92. The van der Waals surface area contributed by atoms with E-state index in [-0.39, 0.29) is 22.4 Å². The highest BCUT2D eigenvalue weighted by molar-refractivity contribution is 7.92. The molecule has 0 bridgehead atoms. The van der Waals surface area contributed by atoms with E-state index in [1.54, 1.807) is 13.8 Å². The summed E-state index contributed by atoms with van der Waals surface area (Å²) in [6.07, 6.45) is 2.00. The van der Waals surface area contributed by atoms with Gasteiger partial charge in [-0.2, -0.15) is 0 Å². The number of rotatable bonds is 5. The van der Waals surface area contributed by atoms with Gasteiger partial charge in [-0.05, 0) is 38.8 Å². The van der Waals surface area contributed by atoms with Gasteiger partial charge in [0.1, 0.15) is 22.2 Å². The van der Waals surface area contributed by atoms with Gasteiger partial charge in [-0.25, -0.2) is 17.2 Å². The molecule has 0 atom stereocenters. The highest BCUT2D eigenvalue weighted by Gasteiger charge is 2.31. The number of H-pyrrole nitrogens is 1. The lowest BCUT2D eigenvalue weighted by Crippen LogP contribution is -2.14. The van der Waals surface area contributed by atoms with Crippen molar-refractivity contribution in [1.29, 1.82) is 0 Å². The molecule has 0 unspecified atom stereocenters. The minimum atomic E-state index is -4.10. The van der Waals surface area contributed by atoms with Gasteiger partial charge < -0.3 is 9.40 Å². The molecule has 27 heavy (non-hydrogen) atoms. The van der Waals surface area contributed by atoms with Crippen molar-refractivity contribution in [2.45, 2.75) is 37.5 Å². The van der Waals surface area contributed by atoms with Crippen LogP contribution in [0.4, 0.5) is 14.5 Å². The molecule has 1 fully saturated rings. The van der Waals surface area contributed by atoms with Crippen LogP contribution in [0, 0.1) is 25.5 Å². The fraction of sp³-hybridized carbons (Fsp3) is 0.294. The molecule has 1 aliphatic rings. The van der Waals surface area contributed by atoms with Gasteiger partial charge >= 0.3 is 0 Å². The highest BCUT2D eigenvalue weighted by atomic mass is 32.2. The Hall–Kier alpha value is -2.75. The summed E-state index contributed by atoms with van der Waals surface area (Å²) in [7, 11) is -4.10. The first-order valence-electron chi connectivity index (χ1n) is 8.26. The Kier molecular flexibility index (Phi) is 4.02. The number of hydrogen-bond acceptors (Lipinski definition) is 5. The molecular weight excluding hydrogens is 378 g/mol. The molecular formula is C17H16F2N4O3S. The molecule has 1 aromatic carbocycles. The van der Waals surface area contributed by atoms with Crippen molar-refractivity contribution < 1.29 is 21.6 Å². The molecule has 1 aliphatic carbocycles. The number of nitrogens with one attached hydrogen (secondary N) is 2. The van der Waals surface area contributed by atoms with Gasteiger partial charge in [-0.1, -0.05) is 0 Å². The standard InChI is InChI=1S/C17H16F2N4O3S/c1-8-14(17-22-21-16(26-17)10-3-4-10)20-9(2)15(8)27(24,25)23-13-6-11(18)5-12(19)7-13/h5-7,10,20,23H,3-4H2,1-2H3. The molecule has 4 rings (SSSR count). The van der Waals surface area contributed by atoms with Crippen molar-refractivity contribution >= 4 is 15.7 Å². The van der Waals surface area contributed by atoms with Gasteiger partial charge in [0.2, 0.25) is 5.89 Å². The van der Waals surface area contributed by atoms with E-state index in [9.17, 15) is 17.2 Å². The molecule has 0 amide bonds. The maximum atomic E-state index is 13.4. The van der Waals surface area contributed by atoms with E-state index < -0.39 is 21.7 Å². The van der Waals surface area contributed by atoms with Gasteiger partial charge in [-0.15, -0.1) is 10.2 Å². The number of halogens is 2. The van der Waals surface area contributed by atoms with Crippen LogP contribution in [-0.4, -0.2) is 23.6 Å².